The van der Waals surface area contributed by atoms with Gasteiger partial charge in [0, 0.05) is 57.2 Å². The number of hydrogen-bond donors (Lipinski definition) is 2. The molecule has 0 saturated carbocycles. The van der Waals surface area contributed by atoms with Crippen LogP contribution in [0.1, 0.15) is 36.5 Å². The molecular weight excluding hydrogens is 505 g/mol. The molecule has 0 spiro atoms. The van der Waals surface area contributed by atoms with Crippen LogP contribution in [0.3, 0.4) is 0 Å². The van der Waals surface area contributed by atoms with E-state index in [-0.39, 0.29) is 42.5 Å². The molecule has 0 saturated heterocycles. The lowest BCUT2D eigenvalue weighted by Gasteiger charge is -2.19. The van der Waals surface area contributed by atoms with Crippen molar-refractivity contribution in [2.24, 2.45) is 12.0 Å². The summed E-state index contributed by atoms with van der Waals surface area (Å²) in [7, 11) is 3.77. The molecule has 0 aliphatic heterocycles. The Balaban J connectivity index is 0.00000480. The van der Waals surface area contributed by atoms with Crippen molar-refractivity contribution < 1.29 is 4.79 Å². The minimum Gasteiger partial charge on any atom is -0.357 e. The molecule has 2 aromatic heterocycles. The van der Waals surface area contributed by atoms with Gasteiger partial charge in [-0.05, 0) is 51.8 Å². The van der Waals surface area contributed by atoms with Crippen molar-refractivity contribution in [1.29, 1.82) is 0 Å². The van der Waals surface area contributed by atoms with Gasteiger partial charge in [0.1, 0.15) is 6.54 Å². The first-order valence-corrected chi connectivity index (χ1v) is 10.5. The highest BCUT2D eigenvalue weighted by molar-refractivity contribution is 14.0. The van der Waals surface area contributed by atoms with Crippen LogP contribution >= 0.6 is 24.0 Å². The third-order valence-corrected chi connectivity index (χ3v) is 5.12. The predicted octanol–water partition coefficient (Wildman–Crippen LogP) is 2.24. The zero-order valence-electron chi connectivity index (χ0n) is 19.5. The summed E-state index contributed by atoms with van der Waals surface area (Å²) in [6.45, 7) is 9.69. The predicted molar refractivity (Wildman–Crippen MR) is 136 cm³/mol. The smallest absolute Gasteiger partial charge is 0.244 e. The lowest BCUT2D eigenvalue weighted by molar-refractivity contribution is -0.128. The highest BCUT2D eigenvalue weighted by atomic mass is 127. The average molecular weight is 541 g/mol. The lowest BCUT2D eigenvalue weighted by atomic mass is 10.1. The second-order valence-corrected chi connectivity index (χ2v) is 7.60. The van der Waals surface area contributed by atoms with Crippen LogP contribution in [0.2, 0.25) is 0 Å². The Morgan fingerprint density at radius 2 is 2.06 bits per heavy atom. The summed E-state index contributed by atoms with van der Waals surface area (Å²) in [6, 6.07) is 5.97. The average Bonchev–Trinajstić information content (AvgIpc) is 2.96. The zero-order valence-corrected chi connectivity index (χ0v) is 21.8. The molecule has 2 rings (SSSR count). The van der Waals surface area contributed by atoms with E-state index in [0.29, 0.717) is 12.5 Å². The Kier molecular flexibility index (Phi) is 11.5. The van der Waals surface area contributed by atoms with E-state index < -0.39 is 0 Å². The van der Waals surface area contributed by atoms with E-state index in [1.807, 2.05) is 43.8 Å². The van der Waals surface area contributed by atoms with Crippen molar-refractivity contribution in [2.45, 2.75) is 46.6 Å². The third kappa shape index (κ3) is 8.47. The molecule has 31 heavy (non-hydrogen) atoms. The number of aliphatic imine (C=N–C) groups is 1. The molecule has 0 radical (unpaired) electrons. The van der Waals surface area contributed by atoms with Crippen molar-refractivity contribution in [3.05, 3.63) is 47.0 Å². The normalized spacial score (nSPS) is 12.1. The molecule has 1 unspecified atom stereocenters. The molecule has 0 aliphatic carbocycles. The number of pyridine rings is 1. The van der Waals surface area contributed by atoms with Crippen LogP contribution in [0.4, 0.5) is 0 Å². The van der Waals surface area contributed by atoms with E-state index in [1.165, 1.54) is 11.3 Å². The second kappa shape index (κ2) is 13.3. The largest absolute Gasteiger partial charge is 0.357 e. The first-order chi connectivity index (χ1) is 14.3. The van der Waals surface area contributed by atoms with Crippen LogP contribution in [0, 0.1) is 13.8 Å². The molecule has 2 aromatic rings. The maximum absolute atomic E-state index is 12.5. The van der Waals surface area contributed by atoms with Crippen LogP contribution in [0.5, 0.6) is 0 Å². The van der Waals surface area contributed by atoms with Gasteiger partial charge < -0.3 is 15.5 Å². The number of aryl methyl sites for hydroxylation is 2. The molecule has 1 amide bonds. The van der Waals surface area contributed by atoms with Gasteiger partial charge in [-0.2, -0.15) is 5.10 Å². The molecule has 9 heteroatoms. The molecular formula is C22H36IN7O. The summed E-state index contributed by atoms with van der Waals surface area (Å²) in [5.41, 5.74) is 4.45. The summed E-state index contributed by atoms with van der Waals surface area (Å²) in [5, 5.41) is 11.1. The van der Waals surface area contributed by atoms with Crippen molar-refractivity contribution in [3.63, 3.8) is 0 Å². The van der Waals surface area contributed by atoms with Crippen LogP contribution < -0.4 is 10.6 Å². The number of nitrogens with one attached hydrogen (secondary N) is 2. The molecule has 1 atom stereocenters. The number of amides is 1. The van der Waals surface area contributed by atoms with Gasteiger partial charge in [-0.15, -0.1) is 24.0 Å². The minimum atomic E-state index is -0.0188. The Bertz CT molecular complexity index is 851. The SMILES string of the molecule is CCNC(=NCC(=O)N(C)CCc1ccccn1)NC(C)Cc1c(C)nn(C)c1C.I. The maximum atomic E-state index is 12.5. The van der Waals surface area contributed by atoms with Crippen molar-refractivity contribution in [3.8, 4) is 0 Å². The molecule has 0 fully saturated rings. The summed E-state index contributed by atoms with van der Waals surface area (Å²) in [4.78, 5) is 23.0. The molecule has 172 valence electrons. The molecule has 2 N–H and O–H groups in total. The Morgan fingerprint density at radius 1 is 1.32 bits per heavy atom. The Hall–Kier alpha value is -2.17. The van der Waals surface area contributed by atoms with Gasteiger partial charge in [0.25, 0.3) is 0 Å². The Morgan fingerprint density at radius 3 is 2.65 bits per heavy atom. The molecule has 2 heterocycles. The number of halogens is 1. The molecule has 0 aliphatic rings. The Labute approximate surface area is 202 Å². The standard InChI is InChI=1S/C22H35N7O.HI/c1-7-23-22(26-16(2)14-20-17(3)27-29(6)18(20)4)25-15-21(30)28(5)13-11-19-10-8-9-12-24-19;/h8-10,12,16H,7,11,13-15H2,1-6H3,(H2,23,25,26);1H. The monoisotopic (exact) mass is 541 g/mol. The van der Waals surface area contributed by atoms with Crippen LogP contribution in [0.25, 0.3) is 0 Å². The third-order valence-electron chi connectivity index (χ3n) is 5.12. The van der Waals surface area contributed by atoms with Gasteiger partial charge in [-0.3, -0.25) is 14.5 Å². The van der Waals surface area contributed by atoms with Gasteiger partial charge in [-0.25, -0.2) is 4.99 Å². The van der Waals surface area contributed by atoms with Gasteiger partial charge in [0.2, 0.25) is 5.91 Å². The number of rotatable bonds is 9. The fraction of sp³-hybridized carbons (Fsp3) is 0.545. The lowest BCUT2D eigenvalue weighted by Crippen LogP contribution is -2.44. The number of carbonyl (C=O) groups excluding carboxylic acids is 1. The molecule has 0 aromatic carbocycles. The van der Waals surface area contributed by atoms with Gasteiger partial charge in [-0.1, -0.05) is 6.07 Å². The number of nitrogens with zero attached hydrogens (tertiary/aromatic N) is 5. The summed E-state index contributed by atoms with van der Waals surface area (Å²) >= 11 is 0. The number of guanidine groups is 1. The van der Waals surface area contributed by atoms with E-state index >= 15 is 0 Å². The van der Waals surface area contributed by atoms with Gasteiger partial charge in [0.15, 0.2) is 5.96 Å². The molecule has 0 bridgehead atoms. The van der Waals surface area contributed by atoms with E-state index in [2.05, 4.69) is 39.6 Å². The summed E-state index contributed by atoms with van der Waals surface area (Å²) < 4.78 is 1.91. The van der Waals surface area contributed by atoms with Crippen molar-refractivity contribution in [2.75, 3.05) is 26.7 Å². The topological polar surface area (TPSA) is 87.4 Å². The summed E-state index contributed by atoms with van der Waals surface area (Å²) in [6.07, 6.45) is 3.34. The first kappa shape index (κ1) is 26.9. The van der Waals surface area contributed by atoms with Gasteiger partial charge in [0.05, 0.1) is 5.69 Å². The van der Waals surface area contributed by atoms with E-state index in [0.717, 1.165) is 30.8 Å². The molecule has 8 nitrogen and oxygen atoms in total. The zero-order chi connectivity index (χ0) is 22.1. The number of hydrogen-bond acceptors (Lipinski definition) is 4. The fourth-order valence-corrected chi connectivity index (χ4v) is 3.24. The maximum Gasteiger partial charge on any atom is 0.244 e. The highest BCUT2D eigenvalue weighted by Crippen LogP contribution is 2.14. The highest BCUT2D eigenvalue weighted by Gasteiger charge is 2.15. The number of likely N-dealkylation sites (N-methyl/N-ethyl adjacent to an activating group) is 1. The van der Waals surface area contributed by atoms with Gasteiger partial charge >= 0.3 is 0 Å². The van der Waals surface area contributed by atoms with E-state index in [1.54, 1.807) is 18.1 Å². The first-order valence-electron chi connectivity index (χ1n) is 10.5. The van der Waals surface area contributed by atoms with Crippen LogP contribution in [-0.4, -0.2) is 64.3 Å². The van der Waals surface area contributed by atoms with Crippen molar-refractivity contribution >= 4 is 35.8 Å². The quantitative estimate of drug-likeness (QED) is 0.289. The number of aromatic nitrogens is 3. The summed E-state index contributed by atoms with van der Waals surface area (Å²) in [5.74, 6) is 0.630. The van der Waals surface area contributed by atoms with E-state index in [9.17, 15) is 4.79 Å². The van der Waals surface area contributed by atoms with Crippen LogP contribution in [-0.2, 0) is 24.7 Å². The van der Waals surface area contributed by atoms with Crippen LogP contribution in [0.15, 0.2) is 29.4 Å². The minimum absolute atomic E-state index is 0. The number of carbonyl (C=O) groups is 1. The second-order valence-electron chi connectivity index (χ2n) is 7.60. The fourth-order valence-electron chi connectivity index (χ4n) is 3.24. The van der Waals surface area contributed by atoms with Crippen molar-refractivity contribution in [1.82, 2.24) is 30.3 Å². The van der Waals surface area contributed by atoms with E-state index in [4.69, 9.17) is 0 Å².